The van der Waals surface area contributed by atoms with Gasteiger partial charge in [0, 0.05) is 13.1 Å². The number of carbonyl (C=O) groups is 2. The lowest BCUT2D eigenvalue weighted by Gasteiger charge is -2.30. The van der Waals surface area contributed by atoms with Crippen molar-refractivity contribution < 1.29 is 24.2 Å². The van der Waals surface area contributed by atoms with Crippen molar-refractivity contribution >= 4 is 17.8 Å². The van der Waals surface area contributed by atoms with Gasteiger partial charge >= 0.3 is 11.9 Å². The van der Waals surface area contributed by atoms with E-state index in [9.17, 15) is 14.7 Å². The zero-order chi connectivity index (χ0) is 19.4. The van der Waals surface area contributed by atoms with Gasteiger partial charge in [0.2, 0.25) is 0 Å². The summed E-state index contributed by atoms with van der Waals surface area (Å²) in [4.78, 5) is 29.6. The molecule has 1 aliphatic rings. The van der Waals surface area contributed by atoms with Crippen LogP contribution >= 0.6 is 0 Å². The van der Waals surface area contributed by atoms with Crippen LogP contribution in [0.15, 0.2) is 12.1 Å². The van der Waals surface area contributed by atoms with E-state index in [1.165, 1.54) is 20.3 Å². The number of aliphatic hydroxyl groups is 1. The number of aliphatic hydroxyl groups excluding tert-OH is 1. The molecule has 0 aliphatic carbocycles. The van der Waals surface area contributed by atoms with Crippen LogP contribution in [0.4, 0.5) is 5.82 Å². The number of rotatable bonds is 3. The first kappa shape index (κ1) is 22.9. The molecule has 0 saturated carbocycles. The van der Waals surface area contributed by atoms with Crippen LogP contribution in [0.2, 0.25) is 0 Å². The fourth-order valence-corrected chi connectivity index (χ4v) is 2.25. The molecule has 7 heteroatoms. The summed E-state index contributed by atoms with van der Waals surface area (Å²) in [5, 5.41) is 9.52. The van der Waals surface area contributed by atoms with Gasteiger partial charge in [0.25, 0.3) is 0 Å². The molecule has 1 saturated heterocycles. The van der Waals surface area contributed by atoms with E-state index in [2.05, 4.69) is 14.5 Å². The lowest BCUT2D eigenvalue weighted by molar-refractivity contribution is 0.0550. The lowest BCUT2D eigenvalue weighted by atomic mass is 10.1. The quantitative estimate of drug-likeness (QED) is 0.835. The molecule has 1 aliphatic heterocycles. The molecule has 7 nitrogen and oxygen atoms in total. The largest absolute Gasteiger partial charge is 0.465 e. The molecule has 1 fully saturated rings. The minimum Gasteiger partial charge on any atom is -0.465 e. The van der Waals surface area contributed by atoms with Crippen molar-refractivity contribution in [3.63, 3.8) is 0 Å². The molecular formula is C18H30N2O5. The summed E-state index contributed by atoms with van der Waals surface area (Å²) >= 11 is 0. The molecule has 1 aromatic heterocycles. The molecule has 2 rings (SSSR count). The molecule has 0 unspecified atom stereocenters. The highest BCUT2D eigenvalue weighted by atomic mass is 16.5. The Morgan fingerprint density at radius 2 is 1.56 bits per heavy atom. The van der Waals surface area contributed by atoms with E-state index in [0.717, 1.165) is 0 Å². The molecule has 1 N–H and O–H groups in total. The van der Waals surface area contributed by atoms with E-state index >= 15 is 0 Å². The SMILES string of the molecule is CC.CC.COC(=O)c1ccc(N2CCC(O)CC2)nc1C(=O)OC. The van der Waals surface area contributed by atoms with Crippen LogP contribution in [0.5, 0.6) is 0 Å². The number of ether oxygens (including phenoxy) is 2. The summed E-state index contributed by atoms with van der Waals surface area (Å²) in [6.07, 6.45) is 0.998. The minimum absolute atomic E-state index is 0.0621. The van der Waals surface area contributed by atoms with Gasteiger partial charge in [-0.2, -0.15) is 0 Å². The maximum atomic E-state index is 11.8. The van der Waals surface area contributed by atoms with Crippen molar-refractivity contribution in [1.82, 2.24) is 4.98 Å². The second-order valence-corrected chi connectivity index (χ2v) is 4.77. The summed E-state index contributed by atoms with van der Waals surface area (Å²) in [5.41, 5.74) is 0.0121. The Balaban J connectivity index is 0.00000134. The maximum absolute atomic E-state index is 11.8. The van der Waals surface area contributed by atoms with Crippen molar-refractivity contribution in [3.05, 3.63) is 23.4 Å². The van der Waals surface area contributed by atoms with Crippen molar-refractivity contribution in [3.8, 4) is 0 Å². The van der Waals surface area contributed by atoms with Crippen LogP contribution in [0, 0.1) is 0 Å². The van der Waals surface area contributed by atoms with E-state index in [1.807, 2.05) is 32.6 Å². The predicted molar refractivity (Wildman–Crippen MR) is 97.1 cm³/mol. The van der Waals surface area contributed by atoms with Gasteiger partial charge in [0.15, 0.2) is 5.69 Å². The molecule has 0 radical (unpaired) electrons. The van der Waals surface area contributed by atoms with Crippen molar-refractivity contribution in [2.75, 3.05) is 32.2 Å². The number of carbonyl (C=O) groups excluding carboxylic acids is 2. The molecule has 0 atom stereocenters. The molecule has 0 spiro atoms. The third-order valence-corrected chi connectivity index (χ3v) is 3.45. The zero-order valence-corrected chi connectivity index (χ0v) is 16.0. The molecule has 0 bridgehead atoms. The Morgan fingerprint density at radius 1 is 1.04 bits per heavy atom. The van der Waals surface area contributed by atoms with E-state index in [-0.39, 0.29) is 17.4 Å². The van der Waals surface area contributed by atoms with Crippen LogP contribution < -0.4 is 4.90 Å². The Morgan fingerprint density at radius 3 is 2.04 bits per heavy atom. The smallest absolute Gasteiger partial charge is 0.357 e. The number of esters is 2. The zero-order valence-electron chi connectivity index (χ0n) is 16.0. The molecule has 2 heterocycles. The average molecular weight is 354 g/mol. The van der Waals surface area contributed by atoms with Crippen LogP contribution in [0.25, 0.3) is 0 Å². The predicted octanol–water partition coefficient (Wildman–Crippen LogP) is 2.67. The summed E-state index contributed by atoms with van der Waals surface area (Å²) < 4.78 is 9.30. The van der Waals surface area contributed by atoms with E-state index in [1.54, 1.807) is 6.07 Å². The Kier molecular flexibility index (Phi) is 11.2. The normalized spacial score (nSPS) is 13.6. The monoisotopic (exact) mass is 354 g/mol. The van der Waals surface area contributed by atoms with Crippen LogP contribution in [0.1, 0.15) is 61.4 Å². The molecule has 142 valence electrons. The Labute approximate surface area is 150 Å². The third kappa shape index (κ3) is 6.34. The Bertz CT molecular complexity index is 540. The van der Waals surface area contributed by atoms with Gasteiger partial charge in [0.1, 0.15) is 5.82 Å². The second kappa shape index (κ2) is 12.2. The van der Waals surface area contributed by atoms with Gasteiger partial charge in [-0.3, -0.25) is 0 Å². The highest BCUT2D eigenvalue weighted by Crippen LogP contribution is 2.21. The first-order chi connectivity index (χ1) is 12.1. The van der Waals surface area contributed by atoms with Gasteiger partial charge in [-0.05, 0) is 25.0 Å². The van der Waals surface area contributed by atoms with Crippen molar-refractivity contribution in [2.45, 2.75) is 46.6 Å². The molecule has 0 aromatic carbocycles. The first-order valence-corrected chi connectivity index (χ1v) is 8.67. The van der Waals surface area contributed by atoms with E-state index in [4.69, 9.17) is 0 Å². The fraction of sp³-hybridized carbons (Fsp3) is 0.611. The number of piperidine rings is 1. The van der Waals surface area contributed by atoms with Gasteiger partial charge in [-0.1, -0.05) is 27.7 Å². The highest BCUT2D eigenvalue weighted by molar-refractivity contribution is 6.02. The number of nitrogens with zero attached hydrogens (tertiary/aromatic N) is 2. The van der Waals surface area contributed by atoms with Gasteiger partial charge < -0.3 is 19.5 Å². The topological polar surface area (TPSA) is 89.0 Å². The van der Waals surface area contributed by atoms with E-state index in [0.29, 0.717) is 31.7 Å². The summed E-state index contributed by atoms with van der Waals surface area (Å²) in [7, 11) is 2.47. The average Bonchev–Trinajstić information content (AvgIpc) is 2.70. The third-order valence-electron chi connectivity index (χ3n) is 3.45. The number of hydrogen-bond donors (Lipinski definition) is 1. The molecule has 1 aromatic rings. The van der Waals surface area contributed by atoms with Crippen molar-refractivity contribution in [1.29, 1.82) is 0 Å². The van der Waals surface area contributed by atoms with Crippen LogP contribution in [-0.4, -0.2) is 55.4 Å². The Hall–Kier alpha value is -2.15. The fourth-order valence-electron chi connectivity index (χ4n) is 2.25. The van der Waals surface area contributed by atoms with Gasteiger partial charge in [-0.15, -0.1) is 0 Å². The highest BCUT2D eigenvalue weighted by Gasteiger charge is 2.24. The van der Waals surface area contributed by atoms with Crippen molar-refractivity contribution in [2.24, 2.45) is 0 Å². The molecule has 0 amide bonds. The number of anilines is 1. The number of aromatic nitrogens is 1. The summed E-state index contributed by atoms with van der Waals surface area (Å²) in [6.45, 7) is 9.29. The lowest BCUT2D eigenvalue weighted by Crippen LogP contribution is -2.36. The standard InChI is InChI=1S/C14H18N2O5.2C2H6/c1-20-13(18)10-3-4-11(15-12(10)14(19)21-2)16-7-5-9(17)6-8-16;2*1-2/h3-4,9,17H,5-8H2,1-2H3;2*1-2H3. The maximum Gasteiger partial charge on any atom is 0.357 e. The number of pyridine rings is 1. The van der Waals surface area contributed by atoms with Gasteiger partial charge in [-0.25, -0.2) is 14.6 Å². The van der Waals surface area contributed by atoms with E-state index < -0.39 is 11.9 Å². The second-order valence-electron chi connectivity index (χ2n) is 4.77. The van der Waals surface area contributed by atoms with Gasteiger partial charge in [0.05, 0.1) is 25.9 Å². The number of methoxy groups -OCH3 is 2. The number of hydrogen-bond acceptors (Lipinski definition) is 7. The summed E-state index contributed by atoms with van der Waals surface area (Å²) in [6, 6.07) is 3.17. The minimum atomic E-state index is -0.686. The van der Waals surface area contributed by atoms with Crippen LogP contribution in [-0.2, 0) is 9.47 Å². The summed E-state index contributed by atoms with van der Waals surface area (Å²) in [5.74, 6) is -0.743. The van der Waals surface area contributed by atoms with Crippen LogP contribution in [0.3, 0.4) is 0 Å². The molecule has 25 heavy (non-hydrogen) atoms. The molecular weight excluding hydrogens is 324 g/mol. The first-order valence-electron chi connectivity index (χ1n) is 8.67.